The molecule has 9 heteroatoms. The number of pyridine rings is 1. The van der Waals surface area contributed by atoms with E-state index in [2.05, 4.69) is 21.4 Å². The van der Waals surface area contributed by atoms with Crippen molar-refractivity contribution in [3.8, 4) is 11.3 Å². The summed E-state index contributed by atoms with van der Waals surface area (Å²) in [5, 5.41) is 7.77. The van der Waals surface area contributed by atoms with Crippen LogP contribution in [0, 0.1) is 5.92 Å². The van der Waals surface area contributed by atoms with E-state index in [4.69, 9.17) is 11.6 Å². The Morgan fingerprint density at radius 3 is 2.71 bits per heavy atom. The van der Waals surface area contributed by atoms with Gasteiger partial charge in [-0.2, -0.15) is 5.10 Å². The Labute approximate surface area is 201 Å². The third-order valence-electron chi connectivity index (χ3n) is 6.62. The lowest BCUT2D eigenvalue weighted by atomic mass is 9.83. The Morgan fingerprint density at radius 1 is 1.00 bits per heavy atom. The van der Waals surface area contributed by atoms with Gasteiger partial charge in [0.25, 0.3) is 11.1 Å². The lowest BCUT2D eigenvalue weighted by molar-refractivity contribution is -0.122. The molecule has 2 atom stereocenters. The van der Waals surface area contributed by atoms with Crippen LogP contribution in [0.15, 0.2) is 64.2 Å². The van der Waals surface area contributed by atoms with Gasteiger partial charge in [-0.3, -0.25) is 14.4 Å². The van der Waals surface area contributed by atoms with Crippen molar-refractivity contribution in [2.24, 2.45) is 5.92 Å². The van der Waals surface area contributed by atoms with Crippen LogP contribution in [-0.2, 0) is 17.9 Å². The first-order valence-corrected chi connectivity index (χ1v) is 11.9. The summed E-state index contributed by atoms with van der Waals surface area (Å²) < 4.78 is 3.08. The van der Waals surface area contributed by atoms with Gasteiger partial charge in [0.1, 0.15) is 6.54 Å². The van der Waals surface area contributed by atoms with E-state index >= 15 is 0 Å². The molecule has 34 heavy (non-hydrogen) atoms. The zero-order valence-electron chi connectivity index (χ0n) is 18.7. The Kier molecular flexibility index (Phi) is 6.34. The molecule has 1 amide bonds. The molecule has 3 aromatic rings. The van der Waals surface area contributed by atoms with Gasteiger partial charge in [0.2, 0.25) is 5.91 Å². The minimum absolute atomic E-state index is 0.0790. The first-order chi connectivity index (χ1) is 16.5. The number of piperidine rings is 1. The third-order valence-corrected chi connectivity index (χ3v) is 6.94. The number of nitrogens with one attached hydrogen (secondary N) is 1. The van der Waals surface area contributed by atoms with E-state index in [1.165, 1.54) is 6.07 Å². The average molecular weight is 480 g/mol. The van der Waals surface area contributed by atoms with Crippen LogP contribution < -0.4 is 16.4 Å². The molecule has 5 rings (SSSR count). The summed E-state index contributed by atoms with van der Waals surface area (Å²) in [5.41, 5.74) is 2.09. The van der Waals surface area contributed by atoms with E-state index < -0.39 is 0 Å². The van der Waals surface area contributed by atoms with Crippen molar-refractivity contribution in [2.75, 3.05) is 26.2 Å². The maximum absolute atomic E-state index is 12.5. The molecule has 2 aromatic heterocycles. The van der Waals surface area contributed by atoms with Crippen molar-refractivity contribution in [1.29, 1.82) is 0 Å². The average Bonchev–Trinajstić information content (AvgIpc) is 2.82. The van der Waals surface area contributed by atoms with Crippen LogP contribution in [0.1, 0.15) is 18.0 Å². The molecule has 1 N–H and O–H groups in total. The summed E-state index contributed by atoms with van der Waals surface area (Å²) in [6.07, 6.45) is 1.10. The van der Waals surface area contributed by atoms with E-state index in [1.807, 2.05) is 28.8 Å². The van der Waals surface area contributed by atoms with E-state index in [-0.39, 0.29) is 23.6 Å². The van der Waals surface area contributed by atoms with Crippen LogP contribution in [0.4, 0.5) is 0 Å². The number of carbonyl (C=O) groups excluding carboxylic acids is 1. The Bertz CT molecular complexity index is 1330. The minimum Gasteiger partial charge on any atom is -0.353 e. The Balaban J connectivity index is 1.17. The molecule has 1 aromatic carbocycles. The smallest absolute Gasteiger partial charge is 0.267 e. The summed E-state index contributed by atoms with van der Waals surface area (Å²) in [6.45, 7) is 3.59. The highest BCUT2D eigenvalue weighted by molar-refractivity contribution is 6.33. The fourth-order valence-electron chi connectivity index (χ4n) is 5.10. The Hall–Kier alpha value is -3.23. The van der Waals surface area contributed by atoms with E-state index in [0.29, 0.717) is 34.7 Å². The number of carbonyl (C=O) groups is 1. The summed E-state index contributed by atoms with van der Waals surface area (Å²) in [6, 6.07) is 15.8. The molecule has 0 spiro atoms. The molecule has 2 aliphatic heterocycles. The van der Waals surface area contributed by atoms with Gasteiger partial charge in [-0.15, -0.1) is 0 Å². The zero-order chi connectivity index (χ0) is 23.7. The molecule has 0 saturated carbocycles. The number of hydrogen-bond acceptors (Lipinski definition) is 5. The highest BCUT2D eigenvalue weighted by Crippen LogP contribution is 2.34. The fraction of sp³-hybridized carbons (Fsp3) is 0.360. The van der Waals surface area contributed by atoms with Crippen LogP contribution in [0.2, 0.25) is 5.02 Å². The largest absolute Gasteiger partial charge is 0.353 e. The number of hydrogen-bond donors (Lipinski definition) is 1. The molecular weight excluding hydrogens is 454 g/mol. The number of fused-ring (bicyclic) bond motifs is 4. The summed E-state index contributed by atoms with van der Waals surface area (Å²) in [7, 11) is 0. The summed E-state index contributed by atoms with van der Waals surface area (Å²) in [5.74, 6) is 0.518. The molecule has 1 saturated heterocycles. The van der Waals surface area contributed by atoms with Gasteiger partial charge < -0.3 is 14.8 Å². The lowest BCUT2D eigenvalue weighted by Gasteiger charge is -2.42. The van der Waals surface area contributed by atoms with Crippen molar-refractivity contribution in [3.63, 3.8) is 0 Å². The highest BCUT2D eigenvalue weighted by atomic mass is 35.5. The van der Waals surface area contributed by atoms with Gasteiger partial charge in [-0.1, -0.05) is 35.9 Å². The van der Waals surface area contributed by atoms with Crippen LogP contribution in [-0.4, -0.2) is 51.3 Å². The topological polar surface area (TPSA) is 89.2 Å². The molecule has 176 valence electrons. The van der Waals surface area contributed by atoms with Crippen LogP contribution in [0.25, 0.3) is 11.3 Å². The quantitative estimate of drug-likeness (QED) is 0.584. The lowest BCUT2D eigenvalue weighted by Crippen LogP contribution is -2.49. The van der Waals surface area contributed by atoms with Gasteiger partial charge in [0.05, 0.1) is 10.7 Å². The standard InChI is InChI=1S/C25H26ClN5O3/c26-20-5-2-1-4-19(20)21-8-9-25(34)31(28-21)16-23(32)27-10-11-29-13-17-12-18(15-29)22-6-3-7-24(33)30(22)14-17/h1-9,17-18H,10-16H2,(H,27,32). The number of nitrogens with zero attached hydrogens (tertiary/aromatic N) is 4. The van der Waals surface area contributed by atoms with Gasteiger partial charge in [-0.05, 0) is 30.5 Å². The number of aromatic nitrogens is 3. The highest BCUT2D eigenvalue weighted by Gasteiger charge is 2.34. The van der Waals surface area contributed by atoms with Crippen LogP contribution in [0.5, 0.6) is 0 Å². The summed E-state index contributed by atoms with van der Waals surface area (Å²) >= 11 is 6.24. The molecular formula is C25H26ClN5O3. The number of likely N-dealkylation sites (tertiary alicyclic amines) is 1. The van der Waals surface area contributed by atoms with Gasteiger partial charge in [-0.25, -0.2) is 4.68 Å². The maximum Gasteiger partial charge on any atom is 0.267 e. The molecule has 0 aliphatic carbocycles. The first kappa shape index (κ1) is 22.6. The number of benzene rings is 1. The molecule has 8 nitrogen and oxygen atoms in total. The van der Waals surface area contributed by atoms with Crippen molar-refractivity contribution in [2.45, 2.75) is 25.4 Å². The fourth-order valence-corrected chi connectivity index (χ4v) is 5.33. The monoisotopic (exact) mass is 479 g/mol. The van der Waals surface area contributed by atoms with Gasteiger partial charge in [0, 0.05) is 62.0 Å². The van der Waals surface area contributed by atoms with E-state index in [0.717, 1.165) is 43.0 Å². The third kappa shape index (κ3) is 4.69. The predicted molar refractivity (Wildman–Crippen MR) is 130 cm³/mol. The number of amides is 1. The molecule has 2 unspecified atom stereocenters. The van der Waals surface area contributed by atoms with Crippen molar-refractivity contribution < 1.29 is 4.79 Å². The Morgan fingerprint density at radius 2 is 1.85 bits per heavy atom. The van der Waals surface area contributed by atoms with Crippen molar-refractivity contribution in [3.05, 3.63) is 86.0 Å². The predicted octanol–water partition coefficient (Wildman–Crippen LogP) is 1.96. The molecule has 1 fully saturated rings. The van der Waals surface area contributed by atoms with Gasteiger partial charge >= 0.3 is 0 Å². The van der Waals surface area contributed by atoms with Gasteiger partial charge in [0.15, 0.2) is 0 Å². The minimum atomic E-state index is -0.344. The SMILES string of the molecule is O=C(Cn1nc(-c2ccccc2Cl)ccc1=O)NCCN1CC2CC(C1)c1cccc(=O)n1C2. The number of rotatable bonds is 6. The molecule has 4 heterocycles. The van der Waals surface area contributed by atoms with E-state index in [9.17, 15) is 14.4 Å². The second kappa shape index (κ2) is 9.56. The van der Waals surface area contributed by atoms with Crippen molar-refractivity contribution >= 4 is 17.5 Å². The second-order valence-electron chi connectivity index (χ2n) is 9.00. The van der Waals surface area contributed by atoms with Crippen LogP contribution >= 0.6 is 11.6 Å². The maximum atomic E-state index is 12.5. The second-order valence-corrected chi connectivity index (χ2v) is 9.41. The van der Waals surface area contributed by atoms with Crippen molar-refractivity contribution in [1.82, 2.24) is 24.6 Å². The van der Waals surface area contributed by atoms with E-state index in [1.54, 1.807) is 18.2 Å². The molecule has 2 aliphatic rings. The summed E-state index contributed by atoms with van der Waals surface area (Å²) in [4.78, 5) is 39.3. The molecule has 2 bridgehead atoms. The zero-order valence-corrected chi connectivity index (χ0v) is 19.4. The normalized spacial score (nSPS) is 19.4. The first-order valence-electron chi connectivity index (χ1n) is 11.5. The molecule has 0 radical (unpaired) electrons. The van der Waals surface area contributed by atoms with Crippen LogP contribution in [0.3, 0.4) is 0 Å². The number of halogens is 1.